The smallest absolute Gasteiger partial charge is 0.285 e. The molecule has 0 radical (unpaired) electrons. The average molecular weight is 596 g/mol. The molecule has 1 aliphatic heterocycles. The maximum absolute atomic E-state index is 12.9. The van der Waals surface area contributed by atoms with E-state index in [1.54, 1.807) is 41.8 Å². The minimum Gasteiger partial charge on any atom is -0.493 e. The minimum atomic E-state index is -0.408. The number of nitrogens with one attached hydrogen (secondary N) is 1. The van der Waals surface area contributed by atoms with E-state index >= 15 is 0 Å². The fourth-order valence-electron chi connectivity index (χ4n) is 3.01. The van der Waals surface area contributed by atoms with Crippen LogP contribution in [0.3, 0.4) is 0 Å². The van der Waals surface area contributed by atoms with E-state index in [0.29, 0.717) is 36.3 Å². The lowest BCUT2D eigenvalue weighted by Gasteiger charge is -2.15. The molecule has 174 valence electrons. The predicted octanol–water partition coefficient (Wildman–Crippen LogP) is 6.30. The predicted molar refractivity (Wildman–Crippen MR) is 143 cm³/mol. The molecule has 0 unspecified atom stereocenters. The third-order valence-corrected chi connectivity index (χ3v) is 7.76. The second kappa shape index (κ2) is 10.9. The summed E-state index contributed by atoms with van der Waals surface area (Å²) in [5, 5.41) is 3.48. The van der Waals surface area contributed by atoms with Crippen LogP contribution in [0.5, 0.6) is 11.5 Å². The quantitative estimate of drug-likeness (QED) is 0.256. The van der Waals surface area contributed by atoms with Gasteiger partial charge in [0.1, 0.15) is 6.61 Å². The first kappa shape index (κ1) is 24.7. The second-order valence-electron chi connectivity index (χ2n) is 6.85. The van der Waals surface area contributed by atoms with Gasteiger partial charge in [-0.3, -0.25) is 15.0 Å². The lowest BCUT2D eigenvalue weighted by atomic mass is 10.1. The maximum atomic E-state index is 12.9. The highest BCUT2D eigenvalue weighted by atomic mass is 79.9. The van der Waals surface area contributed by atoms with E-state index in [1.807, 2.05) is 18.2 Å². The fraction of sp³-hybridized carbons (Fsp3) is 0.0870. The number of ether oxygens (including phenoxy) is 2. The Kier molecular flexibility index (Phi) is 7.95. The van der Waals surface area contributed by atoms with Gasteiger partial charge in [0.2, 0.25) is 0 Å². The molecular formula is C23H16BrClN2O4S3. The number of benzene rings is 2. The van der Waals surface area contributed by atoms with Gasteiger partial charge in [0.05, 0.1) is 21.4 Å². The number of hydrazine groups is 1. The van der Waals surface area contributed by atoms with E-state index in [9.17, 15) is 9.59 Å². The lowest BCUT2D eigenvalue weighted by Crippen LogP contribution is -2.44. The van der Waals surface area contributed by atoms with Gasteiger partial charge in [-0.1, -0.05) is 47.6 Å². The number of methoxy groups -OCH3 is 1. The van der Waals surface area contributed by atoms with Crippen LogP contribution in [-0.2, 0) is 11.4 Å². The van der Waals surface area contributed by atoms with Crippen molar-refractivity contribution in [1.82, 2.24) is 10.4 Å². The summed E-state index contributed by atoms with van der Waals surface area (Å²) in [5.41, 5.74) is 4.10. The van der Waals surface area contributed by atoms with Gasteiger partial charge in [0.25, 0.3) is 11.8 Å². The highest BCUT2D eigenvalue weighted by Crippen LogP contribution is 2.39. The molecule has 2 amide bonds. The summed E-state index contributed by atoms with van der Waals surface area (Å²) in [6.07, 6.45) is 1.68. The molecule has 1 aliphatic rings. The Hall–Kier alpha value is -2.37. The second-order valence-corrected chi connectivity index (χ2v) is 10.7. The monoisotopic (exact) mass is 594 g/mol. The number of halogens is 2. The number of thioether (sulfide) groups is 1. The molecule has 2 aromatic carbocycles. The molecule has 11 heteroatoms. The van der Waals surface area contributed by atoms with Gasteiger partial charge in [-0.15, -0.1) is 11.3 Å². The number of rotatable bonds is 7. The van der Waals surface area contributed by atoms with Crippen LogP contribution in [0.4, 0.5) is 0 Å². The van der Waals surface area contributed by atoms with Crippen LogP contribution in [0.1, 0.15) is 20.8 Å². The Bertz CT molecular complexity index is 1300. The number of thiocarbonyl (C=S) groups is 1. The average Bonchev–Trinajstić information content (AvgIpc) is 3.44. The van der Waals surface area contributed by atoms with E-state index in [1.165, 1.54) is 18.4 Å². The fourth-order valence-corrected chi connectivity index (χ4v) is 5.57. The first-order valence-electron chi connectivity index (χ1n) is 9.73. The molecule has 0 saturated carbocycles. The highest BCUT2D eigenvalue weighted by molar-refractivity contribution is 9.10. The van der Waals surface area contributed by atoms with Gasteiger partial charge in [-0.25, -0.2) is 0 Å². The van der Waals surface area contributed by atoms with Crippen molar-refractivity contribution in [3.05, 3.63) is 84.3 Å². The van der Waals surface area contributed by atoms with Crippen LogP contribution in [0.25, 0.3) is 6.08 Å². The SMILES string of the molecule is COc1cc(/C=C2/SC(=S)N(NC(=O)c3cccs3)C2=O)cc(Br)c1OCc1ccccc1Cl. The van der Waals surface area contributed by atoms with Crippen LogP contribution in [0.2, 0.25) is 5.02 Å². The molecule has 2 heterocycles. The normalized spacial score (nSPS) is 14.6. The lowest BCUT2D eigenvalue weighted by molar-refractivity contribution is -0.123. The van der Waals surface area contributed by atoms with Crippen molar-refractivity contribution in [2.75, 3.05) is 7.11 Å². The molecule has 34 heavy (non-hydrogen) atoms. The number of hydrogen-bond acceptors (Lipinski definition) is 7. The van der Waals surface area contributed by atoms with E-state index in [4.69, 9.17) is 33.3 Å². The topological polar surface area (TPSA) is 67.9 Å². The maximum Gasteiger partial charge on any atom is 0.285 e. The van der Waals surface area contributed by atoms with Crippen molar-refractivity contribution in [3.8, 4) is 11.5 Å². The number of hydrogen-bond donors (Lipinski definition) is 1. The number of thiophene rings is 1. The number of nitrogens with zero attached hydrogens (tertiary/aromatic N) is 1. The molecule has 0 atom stereocenters. The van der Waals surface area contributed by atoms with Gasteiger partial charge >= 0.3 is 0 Å². The zero-order valence-electron chi connectivity index (χ0n) is 17.5. The van der Waals surface area contributed by atoms with Crippen LogP contribution in [-0.4, -0.2) is 28.3 Å². The first-order chi connectivity index (χ1) is 16.4. The van der Waals surface area contributed by atoms with Crippen molar-refractivity contribution in [2.45, 2.75) is 6.61 Å². The van der Waals surface area contributed by atoms with Gasteiger partial charge < -0.3 is 9.47 Å². The Labute approximate surface area is 223 Å². The molecule has 4 rings (SSSR count). The van der Waals surface area contributed by atoms with Crippen LogP contribution in [0.15, 0.2) is 63.3 Å². The molecule has 0 bridgehead atoms. The van der Waals surface area contributed by atoms with Gasteiger partial charge in [0, 0.05) is 10.6 Å². The number of carbonyl (C=O) groups is 2. The van der Waals surface area contributed by atoms with Crippen molar-refractivity contribution in [3.63, 3.8) is 0 Å². The Morgan fingerprint density at radius 1 is 1.26 bits per heavy atom. The zero-order chi connectivity index (χ0) is 24.2. The summed E-state index contributed by atoms with van der Waals surface area (Å²) in [4.78, 5) is 26.1. The zero-order valence-corrected chi connectivity index (χ0v) is 22.3. The first-order valence-corrected chi connectivity index (χ1v) is 13.0. The Morgan fingerprint density at radius 2 is 2.06 bits per heavy atom. The summed E-state index contributed by atoms with van der Waals surface area (Å²) < 4.78 is 12.4. The van der Waals surface area contributed by atoms with Crippen molar-refractivity contribution in [1.29, 1.82) is 0 Å². The molecular weight excluding hydrogens is 580 g/mol. The van der Waals surface area contributed by atoms with E-state index in [2.05, 4.69) is 21.4 Å². The molecule has 0 aliphatic carbocycles. The van der Waals surface area contributed by atoms with Crippen LogP contribution >= 0.6 is 62.8 Å². The van der Waals surface area contributed by atoms with Gasteiger partial charge in [0.15, 0.2) is 15.8 Å². The third kappa shape index (κ3) is 5.47. The summed E-state index contributed by atoms with van der Waals surface area (Å²) in [6.45, 7) is 0.260. The third-order valence-electron chi connectivity index (χ3n) is 4.63. The van der Waals surface area contributed by atoms with Gasteiger partial charge in [-0.05, 0) is 69.4 Å². The molecule has 1 saturated heterocycles. The number of amides is 2. The van der Waals surface area contributed by atoms with E-state index in [-0.39, 0.29) is 10.9 Å². The standard InChI is InChI=1S/C23H16BrClN2O4S3/c1-30-17-10-13(9-15(24)20(17)31-12-14-5-2-3-6-16(14)25)11-19-22(29)27(23(32)34-19)26-21(28)18-7-4-8-33-18/h2-11H,12H2,1H3,(H,26,28)/b19-11+. The van der Waals surface area contributed by atoms with E-state index in [0.717, 1.165) is 22.3 Å². The van der Waals surface area contributed by atoms with Crippen LogP contribution < -0.4 is 14.9 Å². The molecule has 1 aromatic heterocycles. The van der Waals surface area contributed by atoms with Crippen molar-refractivity contribution < 1.29 is 19.1 Å². The summed E-state index contributed by atoms with van der Waals surface area (Å²) in [6, 6.07) is 14.4. The summed E-state index contributed by atoms with van der Waals surface area (Å²) in [7, 11) is 1.54. The summed E-state index contributed by atoms with van der Waals surface area (Å²) in [5.74, 6) is 0.190. The van der Waals surface area contributed by atoms with Crippen LogP contribution in [0, 0.1) is 0 Å². The summed E-state index contributed by atoms with van der Waals surface area (Å²) >= 11 is 17.4. The highest BCUT2D eigenvalue weighted by Gasteiger charge is 2.34. The molecule has 6 nitrogen and oxygen atoms in total. The molecule has 0 spiro atoms. The Morgan fingerprint density at radius 3 is 2.76 bits per heavy atom. The number of carbonyl (C=O) groups excluding carboxylic acids is 2. The molecule has 1 N–H and O–H groups in total. The Balaban J connectivity index is 1.52. The van der Waals surface area contributed by atoms with Gasteiger partial charge in [-0.2, -0.15) is 5.01 Å². The molecule has 3 aromatic rings. The van der Waals surface area contributed by atoms with Crippen molar-refractivity contribution in [2.24, 2.45) is 0 Å². The minimum absolute atomic E-state index is 0.242. The van der Waals surface area contributed by atoms with E-state index < -0.39 is 11.8 Å². The largest absolute Gasteiger partial charge is 0.493 e. The molecule has 1 fully saturated rings. The van der Waals surface area contributed by atoms with Crippen molar-refractivity contribution >= 4 is 85.1 Å².